The Labute approximate surface area is 84.0 Å². The zero-order valence-corrected chi connectivity index (χ0v) is 8.63. The zero-order valence-electron chi connectivity index (χ0n) is 7.06. The van der Waals surface area contributed by atoms with Crippen molar-refractivity contribution in [1.82, 2.24) is 10.3 Å². The molecule has 0 atom stereocenters. The predicted octanol–water partition coefficient (Wildman–Crippen LogP) is 1.46. The second kappa shape index (κ2) is 2.93. The van der Waals surface area contributed by atoms with Crippen LogP contribution in [-0.4, -0.2) is 18.7 Å². The molecule has 0 saturated heterocycles. The number of aromatic nitrogens is 2. The Kier molecular flexibility index (Phi) is 1.97. The van der Waals surface area contributed by atoms with Crippen LogP contribution in [0.3, 0.4) is 0 Å². The van der Waals surface area contributed by atoms with Gasteiger partial charge in [0.1, 0.15) is 10.4 Å². The van der Waals surface area contributed by atoms with E-state index in [9.17, 15) is 8.42 Å². The monoisotopic (exact) mass is 232 g/mol. The molecule has 0 unspecified atom stereocenters. The predicted molar refractivity (Wildman–Crippen MR) is 49.6 cm³/mol. The number of nitrogens with zero attached hydrogens (tertiary/aromatic N) is 2. The first-order valence-electron chi connectivity index (χ1n) is 3.66. The van der Waals surface area contributed by atoms with E-state index in [1.54, 1.807) is 19.1 Å². The van der Waals surface area contributed by atoms with Crippen LogP contribution >= 0.6 is 10.7 Å². The van der Waals surface area contributed by atoms with Crippen LogP contribution in [0.4, 0.5) is 0 Å². The largest absolute Gasteiger partial charge is 0.263 e. The molecule has 14 heavy (non-hydrogen) atoms. The fraction of sp³-hybridized carbons (Fsp3) is 0.143. The number of fused-ring (bicyclic) bond motifs is 1. The van der Waals surface area contributed by atoms with Gasteiger partial charge in [-0.25, -0.2) is 13.0 Å². The van der Waals surface area contributed by atoms with Crippen molar-refractivity contribution in [3.05, 3.63) is 17.7 Å². The summed E-state index contributed by atoms with van der Waals surface area (Å²) in [5.41, 5.74) is 1.05. The summed E-state index contributed by atoms with van der Waals surface area (Å²) in [6.07, 6.45) is 0. The Morgan fingerprint density at radius 3 is 2.71 bits per heavy atom. The Morgan fingerprint density at radius 1 is 1.36 bits per heavy atom. The SMILES string of the molecule is Cc1ccc2nonc2c1S(=O)(=O)Cl. The van der Waals surface area contributed by atoms with Crippen LogP contribution in [0.15, 0.2) is 21.7 Å². The maximum absolute atomic E-state index is 11.2. The molecule has 1 aromatic carbocycles. The summed E-state index contributed by atoms with van der Waals surface area (Å²) in [5, 5.41) is 7.02. The van der Waals surface area contributed by atoms with Gasteiger partial charge < -0.3 is 0 Å². The molecule has 0 saturated carbocycles. The van der Waals surface area contributed by atoms with E-state index < -0.39 is 9.05 Å². The van der Waals surface area contributed by atoms with Gasteiger partial charge >= 0.3 is 0 Å². The normalized spacial score (nSPS) is 12.1. The number of hydrogen-bond acceptors (Lipinski definition) is 5. The third kappa shape index (κ3) is 1.36. The van der Waals surface area contributed by atoms with Crippen LogP contribution in [0.25, 0.3) is 11.0 Å². The van der Waals surface area contributed by atoms with Gasteiger partial charge in [-0.15, -0.1) is 0 Å². The number of rotatable bonds is 1. The van der Waals surface area contributed by atoms with Gasteiger partial charge in [0.2, 0.25) is 0 Å². The van der Waals surface area contributed by atoms with Crippen LogP contribution in [0.5, 0.6) is 0 Å². The lowest BCUT2D eigenvalue weighted by molar-refractivity contribution is 0.315. The van der Waals surface area contributed by atoms with Gasteiger partial charge in [-0.2, -0.15) is 0 Å². The minimum Gasteiger partial charge on any atom is -0.243 e. The lowest BCUT2D eigenvalue weighted by Gasteiger charge is -1.99. The van der Waals surface area contributed by atoms with E-state index in [4.69, 9.17) is 10.7 Å². The summed E-state index contributed by atoms with van der Waals surface area (Å²) in [6, 6.07) is 3.22. The highest BCUT2D eigenvalue weighted by Crippen LogP contribution is 2.26. The van der Waals surface area contributed by atoms with Crippen LogP contribution in [0, 0.1) is 6.92 Å². The molecule has 0 amide bonds. The Balaban J connectivity index is 2.98. The first-order valence-corrected chi connectivity index (χ1v) is 5.97. The highest BCUT2D eigenvalue weighted by Gasteiger charge is 2.20. The molecule has 1 aromatic heterocycles. The van der Waals surface area contributed by atoms with E-state index in [1.807, 2.05) is 0 Å². The molecule has 7 heteroatoms. The van der Waals surface area contributed by atoms with E-state index in [0.717, 1.165) is 0 Å². The van der Waals surface area contributed by atoms with Gasteiger partial charge in [-0.05, 0) is 28.9 Å². The second-order valence-electron chi connectivity index (χ2n) is 2.78. The fourth-order valence-corrected chi connectivity index (χ4v) is 2.65. The van der Waals surface area contributed by atoms with Crippen molar-refractivity contribution in [2.45, 2.75) is 11.8 Å². The first kappa shape index (κ1) is 9.42. The van der Waals surface area contributed by atoms with Crippen molar-refractivity contribution >= 4 is 30.8 Å². The highest BCUT2D eigenvalue weighted by molar-refractivity contribution is 8.14. The maximum Gasteiger partial charge on any atom is 0.263 e. The summed E-state index contributed by atoms with van der Waals surface area (Å²) in [7, 11) is 1.44. The van der Waals surface area contributed by atoms with Gasteiger partial charge in [-0.1, -0.05) is 6.07 Å². The molecule has 0 spiro atoms. The van der Waals surface area contributed by atoms with Crippen LogP contribution < -0.4 is 0 Å². The minimum absolute atomic E-state index is 0.0436. The van der Waals surface area contributed by atoms with Crippen molar-refractivity contribution in [1.29, 1.82) is 0 Å². The van der Waals surface area contributed by atoms with Gasteiger partial charge in [0, 0.05) is 10.7 Å². The fourth-order valence-electron chi connectivity index (χ4n) is 1.24. The second-order valence-corrected chi connectivity index (χ2v) is 5.28. The number of benzene rings is 1. The molecule has 0 aliphatic carbocycles. The van der Waals surface area contributed by atoms with Crippen LogP contribution in [0.1, 0.15) is 5.56 Å². The molecule has 0 N–H and O–H groups in total. The summed E-state index contributed by atoms with van der Waals surface area (Å²) in [6.45, 7) is 1.63. The van der Waals surface area contributed by atoms with Crippen molar-refractivity contribution in [2.24, 2.45) is 0 Å². The number of aryl methyl sites for hydroxylation is 1. The van der Waals surface area contributed by atoms with Gasteiger partial charge in [-0.3, -0.25) is 0 Å². The number of hydrogen-bond donors (Lipinski definition) is 0. The lowest BCUT2D eigenvalue weighted by Crippen LogP contribution is -1.95. The summed E-state index contributed by atoms with van der Waals surface area (Å²) in [4.78, 5) is -0.0436. The molecule has 74 valence electrons. The van der Waals surface area contributed by atoms with E-state index in [1.165, 1.54) is 0 Å². The molecule has 0 fully saturated rings. The molecule has 0 bridgehead atoms. The van der Waals surface area contributed by atoms with Gasteiger partial charge in [0.05, 0.1) is 0 Å². The van der Waals surface area contributed by atoms with E-state index >= 15 is 0 Å². The molecule has 2 aromatic rings. The van der Waals surface area contributed by atoms with Gasteiger partial charge in [0.25, 0.3) is 9.05 Å². The smallest absolute Gasteiger partial charge is 0.243 e. The molecule has 0 aliphatic heterocycles. The van der Waals surface area contributed by atoms with E-state index in [2.05, 4.69) is 14.9 Å². The first-order chi connectivity index (χ1) is 6.50. The quantitative estimate of drug-likeness (QED) is 0.696. The Morgan fingerprint density at radius 2 is 2.07 bits per heavy atom. The van der Waals surface area contributed by atoms with Crippen molar-refractivity contribution in [3.8, 4) is 0 Å². The minimum atomic E-state index is -3.82. The van der Waals surface area contributed by atoms with Crippen molar-refractivity contribution in [3.63, 3.8) is 0 Å². The molecule has 5 nitrogen and oxygen atoms in total. The molecule has 0 aliphatic rings. The van der Waals surface area contributed by atoms with Crippen molar-refractivity contribution < 1.29 is 13.0 Å². The maximum atomic E-state index is 11.2. The van der Waals surface area contributed by atoms with Crippen LogP contribution in [-0.2, 0) is 9.05 Å². The third-order valence-electron chi connectivity index (χ3n) is 1.82. The molecular weight excluding hydrogens is 228 g/mol. The third-order valence-corrected chi connectivity index (χ3v) is 3.29. The Hall–Kier alpha value is -1.14. The molecule has 0 radical (unpaired) electrons. The number of halogens is 1. The molecule has 1 heterocycles. The summed E-state index contributed by atoms with van der Waals surface area (Å²) in [5.74, 6) is 0. The zero-order chi connectivity index (χ0) is 10.3. The summed E-state index contributed by atoms with van der Waals surface area (Å²) >= 11 is 0. The molecular formula is C7H5ClN2O3S. The topological polar surface area (TPSA) is 73.1 Å². The Bertz CT molecular complexity index is 590. The standard InChI is InChI=1S/C7H5ClN2O3S/c1-4-2-3-5-6(10-13-9-5)7(4)14(8,11)12/h2-3H,1H3. The van der Waals surface area contributed by atoms with Crippen LogP contribution in [0.2, 0.25) is 0 Å². The lowest BCUT2D eigenvalue weighted by atomic mass is 10.2. The average molecular weight is 233 g/mol. The highest BCUT2D eigenvalue weighted by atomic mass is 35.7. The molecule has 2 rings (SSSR count). The van der Waals surface area contributed by atoms with Gasteiger partial charge in [0.15, 0.2) is 5.52 Å². The average Bonchev–Trinajstić information content (AvgIpc) is 2.48. The van der Waals surface area contributed by atoms with E-state index in [0.29, 0.717) is 11.1 Å². The van der Waals surface area contributed by atoms with Crippen molar-refractivity contribution in [2.75, 3.05) is 0 Å². The van der Waals surface area contributed by atoms with E-state index in [-0.39, 0.29) is 10.4 Å². The summed E-state index contributed by atoms with van der Waals surface area (Å²) < 4.78 is 26.9.